The maximum Gasteiger partial charge on any atom is 0.256 e. The van der Waals surface area contributed by atoms with Crippen LogP contribution in [0.1, 0.15) is 73.3 Å². The predicted octanol–water partition coefficient (Wildman–Crippen LogP) is 4.73. The van der Waals surface area contributed by atoms with Crippen molar-refractivity contribution in [2.45, 2.75) is 58.4 Å². The summed E-state index contributed by atoms with van der Waals surface area (Å²) < 4.78 is 7.23. The van der Waals surface area contributed by atoms with E-state index in [1.54, 1.807) is 18.3 Å². The van der Waals surface area contributed by atoms with Crippen LogP contribution in [0.15, 0.2) is 35.0 Å². The standard InChI is InChI=1S/C21H25N5O2/c1-4-17(5-2)26-19(13(3)12-22-26)24-20(27)15-8-6-14(7-9-15)18-23-21(28-25-18)16-10-11-16/h6-9,12,16-17H,4-5,10-11H2,1-3H3,(H,24,27). The molecular weight excluding hydrogens is 354 g/mol. The molecular formula is C21H25N5O2. The Kier molecular flexibility index (Phi) is 4.98. The molecule has 0 unspecified atom stereocenters. The van der Waals surface area contributed by atoms with E-state index in [-0.39, 0.29) is 11.9 Å². The molecule has 1 aromatic carbocycles. The van der Waals surface area contributed by atoms with Crippen LogP contribution >= 0.6 is 0 Å². The number of nitrogens with one attached hydrogen (secondary N) is 1. The van der Waals surface area contributed by atoms with E-state index in [4.69, 9.17) is 4.52 Å². The molecule has 3 aromatic rings. The van der Waals surface area contributed by atoms with Crippen LogP contribution in [0.2, 0.25) is 0 Å². The van der Waals surface area contributed by atoms with Gasteiger partial charge < -0.3 is 9.84 Å². The topological polar surface area (TPSA) is 85.8 Å². The van der Waals surface area contributed by atoms with E-state index < -0.39 is 0 Å². The quantitative estimate of drug-likeness (QED) is 0.641. The number of aryl methyl sites for hydroxylation is 1. The third-order valence-electron chi connectivity index (χ3n) is 5.27. The Morgan fingerprint density at radius 1 is 1.25 bits per heavy atom. The normalized spacial score (nSPS) is 13.9. The first-order valence-electron chi connectivity index (χ1n) is 9.90. The van der Waals surface area contributed by atoms with E-state index in [0.29, 0.717) is 23.2 Å². The summed E-state index contributed by atoms with van der Waals surface area (Å²) in [6.45, 7) is 6.21. The van der Waals surface area contributed by atoms with Gasteiger partial charge in [0.15, 0.2) is 0 Å². The van der Waals surface area contributed by atoms with Gasteiger partial charge in [0.05, 0.1) is 12.2 Å². The van der Waals surface area contributed by atoms with Crippen LogP contribution in [-0.4, -0.2) is 25.8 Å². The Bertz CT molecular complexity index is 965. The number of hydrogen-bond acceptors (Lipinski definition) is 5. The predicted molar refractivity (Wildman–Crippen MR) is 106 cm³/mol. The SMILES string of the molecule is CCC(CC)n1ncc(C)c1NC(=O)c1ccc(-c2noc(C3CC3)n2)cc1. The molecule has 1 saturated carbocycles. The average Bonchev–Trinajstić information content (AvgIpc) is 3.35. The average molecular weight is 379 g/mol. The lowest BCUT2D eigenvalue weighted by molar-refractivity contribution is 0.102. The van der Waals surface area contributed by atoms with E-state index in [0.717, 1.165) is 42.6 Å². The van der Waals surface area contributed by atoms with Crippen molar-refractivity contribution < 1.29 is 9.32 Å². The summed E-state index contributed by atoms with van der Waals surface area (Å²) in [7, 11) is 0. The molecule has 0 aliphatic heterocycles. The monoisotopic (exact) mass is 379 g/mol. The van der Waals surface area contributed by atoms with Gasteiger partial charge in [-0.3, -0.25) is 4.79 Å². The Balaban J connectivity index is 1.50. The second-order valence-electron chi connectivity index (χ2n) is 7.35. The Hall–Kier alpha value is -2.96. The van der Waals surface area contributed by atoms with Gasteiger partial charge in [0.1, 0.15) is 5.82 Å². The van der Waals surface area contributed by atoms with Gasteiger partial charge >= 0.3 is 0 Å². The lowest BCUT2D eigenvalue weighted by atomic mass is 10.1. The summed E-state index contributed by atoms with van der Waals surface area (Å²) in [5.74, 6) is 2.30. The number of carbonyl (C=O) groups excluding carboxylic acids is 1. The van der Waals surface area contributed by atoms with Gasteiger partial charge in [-0.1, -0.05) is 31.1 Å². The molecule has 0 bridgehead atoms. The lowest BCUT2D eigenvalue weighted by Crippen LogP contribution is -2.19. The van der Waals surface area contributed by atoms with Crippen molar-refractivity contribution in [3.8, 4) is 11.4 Å². The minimum absolute atomic E-state index is 0.158. The molecule has 2 heterocycles. The molecule has 7 heteroatoms. The highest BCUT2D eigenvalue weighted by molar-refractivity contribution is 6.04. The highest BCUT2D eigenvalue weighted by atomic mass is 16.5. The highest BCUT2D eigenvalue weighted by Gasteiger charge is 2.29. The van der Waals surface area contributed by atoms with Crippen molar-refractivity contribution in [1.29, 1.82) is 0 Å². The molecule has 146 valence electrons. The second-order valence-corrected chi connectivity index (χ2v) is 7.35. The van der Waals surface area contributed by atoms with Gasteiger partial charge in [-0.15, -0.1) is 0 Å². The highest BCUT2D eigenvalue weighted by Crippen LogP contribution is 2.39. The summed E-state index contributed by atoms with van der Waals surface area (Å²) in [4.78, 5) is 17.2. The molecule has 1 aliphatic rings. The summed E-state index contributed by atoms with van der Waals surface area (Å²) >= 11 is 0. The molecule has 0 atom stereocenters. The molecule has 1 fully saturated rings. The molecule has 7 nitrogen and oxygen atoms in total. The molecule has 1 amide bonds. The molecule has 0 spiro atoms. The fourth-order valence-electron chi connectivity index (χ4n) is 3.31. The number of carbonyl (C=O) groups is 1. The Morgan fingerprint density at radius 3 is 2.61 bits per heavy atom. The zero-order valence-electron chi connectivity index (χ0n) is 16.5. The number of benzene rings is 1. The van der Waals surface area contributed by atoms with Crippen molar-refractivity contribution >= 4 is 11.7 Å². The van der Waals surface area contributed by atoms with E-state index in [1.807, 2.05) is 23.7 Å². The molecule has 4 rings (SSSR count). The van der Waals surface area contributed by atoms with Crippen molar-refractivity contribution in [2.24, 2.45) is 0 Å². The van der Waals surface area contributed by atoms with Gasteiger partial charge in [0.2, 0.25) is 11.7 Å². The number of anilines is 1. The van der Waals surface area contributed by atoms with Crippen LogP contribution in [0.3, 0.4) is 0 Å². The van der Waals surface area contributed by atoms with E-state index in [2.05, 4.69) is 34.4 Å². The van der Waals surface area contributed by atoms with Crippen molar-refractivity contribution in [3.05, 3.63) is 47.5 Å². The van der Waals surface area contributed by atoms with E-state index >= 15 is 0 Å². The first kappa shape index (κ1) is 18.4. The molecule has 0 saturated heterocycles. The minimum Gasteiger partial charge on any atom is -0.339 e. The Morgan fingerprint density at radius 2 is 1.96 bits per heavy atom. The first-order chi connectivity index (χ1) is 13.6. The van der Waals surface area contributed by atoms with Crippen LogP contribution < -0.4 is 5.32 Å². The van der Waals surface area contributed by atoms with Gasteiger partial charge in [-0.05, 0) is 44.7 Å². The summed E-state index contributed by atoms with van der Waals surface area (Å²) in [5.41, 5.74) is 2.37. The number of hydrogen-bond donors (Lipinski definition) is 1. The Labute approximate surface area is 164 Å². The maximum atomic E-state index is 12.8. The minimum atomic E-state index is -0.158. The number of nitrogens with zero attached hydrogens (tertiary/aromatic N) is 4. The largest absolute Gasteiger partial charge is 0.339 e. The second kappa shape index (κ2) is 7.58. The van der Waals surface area contributed by atoms with Crippen molar-refractivity contribution in [1.82, 2.24) is 19.9 Å². The molecule has 1 aliphatic carbocycles. The molecule has 0 radical (unpaired) electrons. The van der Waals surface area contributed by atoms with Crippen LogP contribution in [-0.2, 0) is 0 Å². The number of amides is 1. The van der Waals surface area contributed by atoms with Crippen LogP contribution in [0.4, 0.5) is 5.82 Å². The smallest absolute Gasteiger partial charge is 0.256 e. The van der Waals surface area contributed by atoms with Gasteiger partial charge in [0.25, 0.3) is 5.91 Å². The van der Waals surface area contributed by atoms with E-state index in [1.165, 1.54) is 0 Å². The first-order valence-corrected chi connectivity index (χ1v) is 9.90. The molecule has 1 N–H and O–H groups in total. The lowest BCUT2D eigenvalue weighted by Gasteiger charge is -2.17. The fourth-order valence-corrected chi connectivity index (χ4v) is 3.31. The van der Waals surface area contributed by atoms with Crippen LogP contribution in [0.25, 0.3) is 11.4 Å². The van der Waals surface area contributed by atoms with Gasteiger partial charge in [-0.25, -0.2) is 4.68 Å². The zero-order valence-corrected chi connectivity index (χ0v) is 16.5. The van der Waals surface area contributed by atoms with E-state index in [9.17, 15) is 4.79 Å². The van der Waals surface area contributed by atoms with Crippen molar-refractivity contribution in [3.63, 3.8) is 0 Å². The van der Waals surface area contributed by atoms with Gasteiger partial charge in [-0.2, -0.15) is 10.1 Å². The summed E-state index contributed by atoms with van der Waals surface area (Å²) in [5, 5.41) is 11.5. The fraction of sp³-hybridized carbons (Fsp3) is 0.429. The number of aromatic nitrogens is 4. The van der Waals surface area contributed by atoms with Gasteiger partial charge in [0, 0.05) is 22.6 Å². The summed E-state index contributed by atoms with van der Waals surface area (Å²) in [6, 6.07) is 7.53. The maximum absolute atomic E-state index is 12.8. The number of rotatable bonds is 7. The molecule has 2 aromatic heterocycles. The van der Waals surface area contributed by atoms with Crippen LogP contribution in [0.5, 0.6) is 0 Å². The third kappa shape index (κ3) is 3.56. The molecule has 28 heavy (non-hydrogen) atoms. The zero-order chi connectivity index (χ0) is 19.7. The van der Waals surface area contributed by atoms with Crippen LogP contribution in [0, 0.1) is 6.92 Å². The van der Waals surface area contributed by atoms with Crippen molar-refractivity contribution in [2.75, 3.05) is 5.32 Å². The summed E-state index contributed by atoms with van der Waals surface area (Å²) in [6.07, 6.45) is 5.96. The third-order valence-corrected chi connectivity index (χ3v) is 5.27.